The molecule has 2 unspecified atom stereocenters. The molecule has 3 heterocycles. The van der Waals surface area contributed by atoms with Crippen molar-refractivity contribution >= 4 is 33.1 Å². The first-order valence-corrected chi connectivity index (χ1v) is 7.90. The summed E-state index contributed by atoms with van der Waals surface area (Å²) in [5.41, 5.74) is 7.74. The molecule has 2 fully saturated rings. The molecule has 1 aliphatic heterocycles. The van der Waals surface area contributed by atoms with Gasteiger partial charge in [-0.1, -0.05) is 0 Å². The molecule has 2 bridgehead atoms. The van der Waals surface area contributed by atoms with Gasteiger partial charge in [-0.2, -0.15) is 5.10 Å². The van der Waals surface area contributed by atoms with Crippen molar-refractivity contribution in [1.29, 1.82) is 0 Å². The van der Waals surface area contributed by atoms with Crippen LogP contribution in [0.4, 0.5) is 5.69 Å². The van der Waals surface area contributed by atoms with Gasteiger partial charge < -0.3 is 10.6 Å². The predicted molar refractivity (Wildman–Crippen MR) is 79.9 cm³/mol. The molecule has 0 aromatic carbocycles. The van der Waals surface area contributed by atoms with Crippen LogP contribution in [0, 0.1) is 12.8 Å². The Morgan fingerprint density at radius 1 is 1.45 bits per heavy atom. The van der Waals surface area contributed by atoms with Crippen LogP contribution >= 0.6 is 11.3 Å². The minimum atomic E-state index is 0.121. The summed E-state index contributed by atoms with van der Waals surface area (Å²) in [6.07, 6.45) is 3.61. The lowest BCUT2D eigenvalue weighted by atomic mass is 10.1. The van der Waals surface area contributed by atoms with Gasteiger partial charge in [0, 0.05) is 19.6 Å². The number of nitrogens with zero attached hydrogens (tertiary/aromatic N) is 3. The number of nitrogens with two attached hydrogens (primary N) is 1. The lowest BCUT2D eigenvalue weighted by Crippen LogP contribution is -2.37. The van der Waals surface area contributed by atoms with Gasteiger partial charge in [0.1, 0.15) is 9.71 Å². The third-order valence-corrected chi connectivity index (χ3v) is 6.01. The molecular formula is C14H18N4OS. The number of hydrogen-bond donors (Lipinski definition) is 1. The third kappa shape index (κ3) is 1.48. The third-order valence-electron chi connectivity index (χ3n) is 4.75. The minimum Gasteiger partial charge on any atom is -0.397 e. The first kappa shape index (κ1) is 12.2. The SMILES string of the molecule is Cc1nn(C)c2sc(C(=O)N3CC4CCC3C4)c(N)c12. The first-order valence-electron chi connectivity index (χ1n) is 7.08. The quantitative estimate of drug-likeness (QED) is 0.875. The standard InChI is InChI=1S/C14H18N4OS/c1-7-10-11(15)12(20-14(10)17(2)16-7)13(19)18-6-8-3-4-9(18)5-8/h8-9H,3-6,15H2,1-2H3. The molecule has 2 aromatic rings. The Balaban J connectivity index is 1.77. The Bertz CT molecular complexity index is 716. The monoisotopic (exact) mass is 290 g/mol. The Morgan fingerprint density at radius 2 is 2.25 bits per heavy atom. The molecule has 20 heavy (non-hydrogen) atoms. The van der Waals surface area contributed by atoms with Crippen molar-refractivity contribution in [3.05, 3.63) is 10.6 Å². The Kier molecular flexibility index (Phi) is 2.42. The second-order valence-electron chi connectivity index (χ2n) is 6.02. The van der Waals surface area contributed by atoms with E-state index in [-0.39, 0.29) is 5.91 Å². The lowest BCUT2D eigenvalue weighted by molar-refractivity contribution is 0.0709. The molecule has 5 nitrogen and oxygen atoms in total. The highest BCUT2D eigenvalue weighted by Gasteiger charge is 2.41. The van der Waals surface area contributed by atoms with Gasteiger partial charge in [0.25, 0.3) is 5.91 Å². The van der Waals surface area contributed by atoms with Crippen molar-refractivity contribution in [3.8, 4) is 0 Å². The molecule has 0 spiro atoms. The fourth-order valence-electron chi connectivity index (χ4n) is 3.79. The molecule has 4 rings (SSSR count). The van der Waals surface area contributed by atoms with Gasteiger partial charge in [-0.05, 0) is 32.1 Å². The number of thiophene rings is 1. The number of fused-ring (bicyclic) bond motifs is 3. The van der Waals surface area contributed by atoms with Crippen LogP contribution in [0.5, 0.6) is 0 Å². The van der Waals surface area contributed by atoms with Crippen LogP contribution in [0.2, 0.25) is 0 Å². The van der Waals surface area contributed by atoms with E-state index < -0.39 is 0 Å². The Labute approximate surface area is 121 Å². The molecule has 106 valence electrons. The molecule has 2 atom stereocenters. The van der Waals surface area contributed by atoms with Crippen molar-refractivity contribution < 1.29 is 4.79 Å². The molecule has 0 radical (unpaired) electrons. The number of aromatic nitrogens is 2. The first-order chi connectivity index (χ1) is 9.56. The van der Waals surface area contributed by atoms with Crippen molar-refractivity contribution in [1.82, 2.24) is 14.7 Å². The van der Waals surface area contributed by atoms with Gasteiger partial charge in [-0.25, -0.2) is 0 Å². The number of hydrogen-bond acceptors (Lipinski definition) is 4. The second kappa shape index (κ2) is 3.97. The zero-order chi connectivity index (χ0) is 14.0. The molecular weight excluding hydrogens is 272 g/mol. The fraction of sp³-hybridized carbons (Fsp3) is 0.571. The highest BCUT2D eigenvalue weighted by molar-refractivity contribution is 7.21. The summed E-state index contributed by atoms with van der Waals surface area (Å²) in [5.74, 6) is 0.832. The van der Waals surface area contributed by atoms with Gasteiger partial charge in [0.2, 0.25) is 0 Å². The van der Waals surface area contributed by atoms with E-state index >= 15 is 0 Å². The summed E-state index contributed by atoms with van der Waals surface area (Å²) >= 11 is 1.48. The Morgan fingerprint density at radius 3 is 2.85 bits per heavy atom. The van der Waals surface area contributed by atoms with E-state index in [2.05, 4.69) is 5.10 Å². The zero-order valence-corrected chi connectivity index (χ0v) is 12.5. The van der Waals surface area contributed by atoms with Crippen LogP contribution in [0.25, 0.3) is 10.2 Å². The predicted octanol–water partition coefficient (Wildman–Crippen LogP) is 2.15. The molecule has 2 N–H and O–H groups in total. The van der Waals surface area contributed by atoms with E-state index in [0.717, 1.165) is 28.9 Å². The van der Waals surface area contributed by atoms with Crippen LogP contribution < -0.4 is 5.73 Å². The lowest BCUT2D eigenvalue weighted by Gasteiger charge is -2.26. The average molecular weight is 290 g/mol. The van der Waals surface area contributed by atoms with Crippen molar-refractivity contribution in [3.63, 3.8) is 0 Å². The number of rotatable bonds is 1. The summed E-state index contributed by atoms with van der Waals surface area (Å²) < 4.78 is 1.82. The van der Waals surface area contributed by atoms with E-state index in [1.165, 1.54) is 24.2 Å². The topological polar surface area (TPSA) is 64.2 Å². The normalized spacial score (nSPS) is 25.0. The van der Waals surface area contributed by atoms with Crippen molar-refractivity contribution in [2.75, 3.05) is 12.3 Å². The number of carbonyl (C=O) groups is 1. The van der Waals surface area contributed by atoms with Crippen LogP contribution in [0.3, 0.4) is 0 Å². The van der Waals surface area contributed by atoms with Gasteiger partial charge in [-0.15, -0.1) is 11.3 Å². The number of anilines is 1. The summed E-state index contributed by atoms with van der Waals surface area (Å²) in [6.45, 7) is 2.85. The van der Waals surface area contributed by atoms with Crippen LogP contribution in [-0.4, -0.2) is 33.2 Å². The van der Waals surface area contributed by atoms with Gasteiger partial charge in [-0.3, -0.25) is 9.48 Å². The molecule has 6 heteroatoms. The smallest absolute Gasteiger partial charge is 0.266 e. The molecule has 2 aromatic heterocycles. The number of likely N-dealkylation sites (tertiary alicyclic amines) is 1. The number of piperidine rings is 1. The van der Waals surface area contributed by atoms with Crippen LogP contribution in [0.15, 0.2) is 0 Å². The second-order valence-corrected chi connectivity index (χ2v) is 7.02. The molecule has 1 amide bonds. The molecule has 1 saturated heterocycles. The van der Waals surface area contributed by atoms with Crippen molar-refractivity contribution in [2.24, 2.45) is 13.0 Å². The van der Waals surface area contributed by atoms with Crippen LogP contribution in [0.1, 0.15) is 34.6 Å². The summed E-state index contributed by atoms with van der Waals surface area (Å²) in [5, 5.41) is 5.32. The molecule has 1 aliphatic carbocycles. The number of carbonyl (C=O) groups excluding carboxylic acids is 1. The summed E-state index contributed by atoms with van der Waals surface area (Å²) in [6, 6.07) is 0.441. The van der Waals surface area contributed by atoms with E-state index in [4.69, 9.17) is 5.73 Å². The maximum atomic E-state index is 12.8. The van der Waals surface area contributed by atoms with E-state index in [1.54, 1.807) is 0 Å². The number of amides is 1. The van der Waals surface area contributed by atoms with Gasteiger partial charge in [0.15, 0.2) is 0 Å². The van der Waals surface area contributed by atoms with E-state index in [1.807, 2.05) is 23.6 Å². The number of nitrogen functional groups attached to an aromatic ring is 1. The fourth-order valence-corrected chi connectivity index (χ4v) is 4.93. The van der Waals surface area contributed by atoms with E-state index in [0.29, 0.717) is 22.5 Å². The zero-order valence-electron chi connectivity index (χ0n) is 11.7. The summed E-state index contributed by atoms with van der Waals surface area (Å²) in [4.78, 5) is 16.5. The van der Waals surface area contributed by atoms with Gasteiger partial charge >= 0.3 is 0 Å². The van der Waals surface area contributed by atoms with E-state index in [9.17, 15) is 4.79 Å². The Hall–Kier alpha value is -1.56. The van der Waals surface area contributed by atoms with Gasteiger partial charge in [0.05, 0.1) is 16.8 Å². The maximum Gasteiger partial charge on any atom is 0.266 e. The van der Waals surface area contributed by atoms with Crippen LogP contribution in [-0.2, 0) is 7.05 Å². The van der Waals surface area contributed by atoms with Crippen molar-refractivity contribution in [2.45, 2.75) is 32.2 Å². The molecule has 2 aliphatic rings. The number of aryl methyl sites for hydroxylation is 2. The highest BCUT2D eigenvalue weighted by Crippen LogP contribution is 2.41. The summed E-state index contributed by atoms with van der Waals surface area (Å²) in [7, 11) is 1.90. The largest absolute Gasteiger partial charge is 0.397 e. The molecule has 1 saturated carbocycles. The highest BCUT2D eigenvalue weighted by atomic mass is 32.1. The average Bonchev–Trinajstić information content (AvgIpc) is 3.13. The maximum absolute atomic E-state index is 12.8. The minimum absolute atomic E-state index is 0.121.